The molecule has 122 valence electrons. The summed E-state index contributed by atoms with van der Waals surface area (Å²) in [5.41, 5.74) is 2.14. The van der Waals surface area contributed by atoms with Gasteiger partial charge in [-0.2, -0.15) is 0 Å². The summed E-state index contributed by atoms with van der Waals surface area (Å²) in [6, 6.07) is 19.8. The summed E-state index contributed by atoms with van der Waals surface area (Å²) < 4.78 is 0. The van der Waals surface area contributed by atoms with Crippen LogP contribution in [0.3, 0.4) is 0 Å². The van der Waals surface area contributed by atoms with Crippen LogP contribution in [0.15, 0.2) is 60.7 Å². The van der Waals surface area contributed by atoms with Gasteiger partial charge in [0.2, 0.25) is 0 Å². The molecule has 0 aliphatic carbocycles. The number of benzene rings is 2. The maximum atomic E-state index is 5.92. The number of nitrogens with one attached hydrogen (secondary N) is 2. The summed E-state index contributed by atoms with van der Waals surface area (Å²) in [7, 11) is 0. The van der Waals surface area contributed by atoms with E-state index in [1.807, 2.05) is 55.5 Å². The number of hydrogen-bond donors (Lipinski definition) is 2. The van der Waals surface area contributed by atoms with E-state index in [9.17, 15) is 0 Å². The fourth-order valence-corrected chi connectivity index (χ4v) is 2.56. The normalized spacial score (nSPS) is 11.8. The molecule has 2 N–H and O–H groups in total. The van der Waals surface area contributed by atoms with Crippen molar-refractivity contribution in [1.82, 2.24) is 9.97 Å². The molecule has 0 aliphatic heterocycles. The Morgan fingerprint density at radius 2 is 1.58 bits per heavy atom. The zero-order valence-corrected chi connectivity index (χ0v) is 14.4. The lowest BCUT2D eigenvalue weighted by molar-refractivity contribution is 0.867. The number of aryl methyl sites for hydroxylation is 1. The third-order valence-corrected chi connectivity index (χ3v) is 3.87. The molecule has 0 saturated carbocycles. The van der Waals surface area contributed by atoms with Crippen LogP contribution in [0.25, 0.3) is 0 Å². The van der Waals surface area contributed by atoms with Crippen molar-refractivity contribution in [1.29, 1.82) is 0 Å². The van der Waals surface area contributed by atoms with Gasteiger partial charge in [-0.25, -0.2) is 9.97 Å². The highest BCUT2D eigenvalue weighted by Gasteiger charge is 2.08. The summed E-state index contributed by atoms with van der Waals surface area (Å²) in [6.07, 6.45) is 0. The lowest BCUT2D eigenvalue weighted by Crippen LogP contribution is -2.09. The lowest BCUT2D eigenvalue weighted by Gasteiger charge is -2.16. The van der Waals surface area contributed by atoms with Crippen molar-refractivity contribution in [3.8, 4) is 0 Å². The van der Waals surface area contributed by atoms with E-state index in [0.717, 1.165) is 17.3 Å². The maximum Gasteiger partial charge on any atom is 0.136 e. The zero-order valence-electron chi connectivity index (χ0n) is 13.6. The largest absolute Gasteiger partial charge is 0.363 e. The fraction of sp³-hybridized carbons (Fsp3) is 0.158. The van der Waals surface area contributed by atoms with Gasteiger partial charge in [-0.1, -0.05) is 41.9 Å². The van der Waals surface area contributed by atoms with Crippen LogP contribution in [0.2, 0.25) is 5.02 Å². The summed E-state index contributed by atoms with van der Waals surface area (Å²) in [5, 5.41) is 7.40. The standard InChI is InChI=1S/C19H19ClN4/c1-13(15-6-4-3-5-7-15)21-18-12-19(23-14(2)22-18)24-17-10-8-16(20)9-11-17/h3-13H,1-2H3,(H2,21,22,23,24). The average molecular weight is 339 g/mol. The fourth-order valence-electron chi connectivity index (χ4n) is 2.43. The quantitative estimate of drug-likeness (QED) is 0.658. The first-order chi connectivity index (χ1) is 11.6. The Labute approximate surface area is 146 Å². The summed E-state index contributed by atoms with van der Waals surface area (Å²) in [4.78, 5) is 8.91. The van der Waals surface area contributed by atoms with Crippen molar-refractivity contribution in [2.24, 2.45) is 0 Å². The molecule has 1 atom stereocenters. The molecular weight excluding hydrogens is 320 g/mol. The first kappa shape index (κ1) is 16.3. The van der Waals surface area contributed by atoms with Crippen molar-refractivity contribution in [2.75, 3.05) is 10.6 Å². The molecule has 24 heavy (non-hydrogen) atoms. The van der Waals surface area contributed by atoms with Crippen LogP contribution < -0.4 is 10.6 Å². The molecule has 0 aliphatic rings. The van der Waals surface area contributed by atoms with Gasteiger partial charge in [0.05, 0.1) is 0 Å². The van der Waals surface area contributed by atoms with Gasteiger partial charge < -0.3 is 10.6 Å². The second kappa shape index (κ2) is 7.32. The highest BCUT2D eigenvalue weighted by Crippen LogP contribution is 2.22. The van der Waals surface area contributed by atoms with Gasteiger partial charge in [-0.3, -0.25) is 0 Å². The third-order valence-electron chi connectivity index (χ3n) is 3.62. The van der Waals surface area contributed by atoms with E-state index in [-0.39, 0.29) is 6.04 Å². The Bertz CT molecular complexity index is 803. The summed E-state index contributed by atoms with van der Waals surface area (Å²) in [6.45, 7) is 3.99. The minimum absolute atomic E-state index is 0.156. The minimum Gasteiger partial charge on any atom is -0.363 e. The van der Waals surface area contributed by atoms with E-state index in [1.54, 1.807) is 0 Å². The minimum atomic E-state index is 0.156. The van der Waals surface area contributed by atoms with Crippen LogP contribution in [0.5, 0.6) is 0 Å². The van der Waals surface area contributed by atoms with Crippen LogP contribution in [0, 0.1) is 6.92 Å². The molecule has 2 aromatic carbocycles. The van der Waals surface area contributed by atoms with Gasteiger partial charge in [0, 0.05) is 22.8 Å². The number of aromatic nitrogens is 2. The number of nitrogens with zero attached hydrogens (tertiary/aromatic N) is 2. The van der Waals surface area contributed by atoms with Crippen LogP contribution in [0.1, 0.15) is 24.4 Å². The van der Waals surface area contributed by atoms with Crippen LogP contribution in [-0.2, 0) is 0 Å². The molecule has 0 fully saturated rings. The van der Waals surface area contributed by atoms with Gasteiger partial charge in [-0.15, -0.1) is 0 Å². The summed E-state index contributed by atoms with van der Waals surface area (Å²) in [5.74, 6) is 2.24. The van der Waals surface area contributed by atoms with Crippen molar-refractivity contribution in [3.63, 3.8) is 0 Å². The topological polar surface area (TPSA) is 49.8 Å². The lowest BCUT2D eigenvalue weighted by atomic mass is 10.1. The van der Waals surface area contributed by atoms with E-state index in [4.69, 9.17) is 11.6 Å². The predicted molar refractivity (Wildman–Crippen MR) is 100.0 cm³/mol. The first-order valence-corrected chi connectivity index (χ1v) is 8.18. The summed E-state index contributed by atoms with van der Waals surface area (Å²) >= 11 is 5.92. The van der Waals surface area contributed by atoms with Gasteiger partial charge in [0.15, 0.2) is 0 Å². The van der Waals surface area contributed by atoms with E-state index in [2.05, 4.69) is 39.7 Å². The molecule has 0 bridgehead atoms. The Morgan fingerprint density at radius 1 is 0.917 bits per heavy atom. The molecule has 3 aromatic rings. The first-order valence-electron chi connectivity index (χ1n) is 7.80. The molecule has 0 spiro atoms. The van der Waals surface area contributed by atoms with E-state index in [0.29, 0.717) is 10.8 Å². The molecule has 1 heterocycles. The zero-order chi connectivity index (χ0) is 16.9. The Kier molecular flexibility index (Phi) is 4.96. The second-order valence-corrected chi connectivity index (χ2v) is 6.03. The van der Waals surface area contributed by atoms with E-state index in [1.165, 1.54) is 5.56 Å². The molecule has 4 nitrogen and oxygen atoms in total. The Morgan fingerprint density at radius 3 is 2.29 bits per heavy atom. The van der Waals surface area contributed by atoms with Crippen LogP contribution in [-0.4, -0.2) is 9.97 Å². The van der Waals surface area contributed by atoms with Crippen molar-refractivity contribution < 1.29 is 0 Å². The SMILES string of the molecule is Cc1nc(Nc2ccc(Cl)cc2)cc(NC(C)c2ccccc2)n1. The predicted octanol–water partition coefficient (Wildman–Crippen LogP) is 5.36. The monoisotopic (exact) mass is 338 g/mol. The number of rotatable bonds is 5. The van der Waals surface area contributed by atoms with Gasteiger partial charge in [0.25, 0.3) is 0 Å². The highest BCUT2D eigenvalue weighted by atomic mass is 35.5. The Balaban J connectivity index is 1.77. The van der Waals surface area contributed by atoms with Crippen molar-refractivity contribution in [2.45, 2.75) is 19.9 Å². The van der Waals surface area contributed by atoms with Gasteiger partial charge in [0.1, 0.15) is 17.5 Å². The van der Waals surface area contributed by atoms with Crippen molar-refractivity contribution >= 4 is 28.9 Å². The average Bonchev–Trinajstić information content (AvgIpc) is 2.57. The molecule has 0 amide bonds. The van der Waals surface area contributed by atoms with E-state index < -0.39 is 0 Å². The van der Waals surface area contributed by atoms with Gasteiger partial charge in [-0.05, 0) is 43.7 Å². The molecule has 0 saturated heterocycles. The van der Waals surface area contributed by atoms with Crippen LogP contribution >= 0.6 is 11.6 Å². The Hall–Kier alpha value is -2.59. The molecular formula is C19H19ClN4. The number of hydrogen-bond acceptors (Lipinski definition) is 4. The number of anilines is 3. The number of halogens is 1. The highest BCUT2D eigenvalue weighted by molar-refractivity contribution is 6.30. The van der Waals surface area contributed by atoms with Crippen molar-refractivity contribution in [3.05, 3.63) is 77.1 Å². The third kappa shape index (κ3) is 4.24. The smallest absolute Gasteiger partial charge is 0.136 e. The second-order valence-electron chi connectivity index (χ2n) is 5.59. The maximum absolute atomic E-state index is 5.92. The van der Waals surface area contributed by atoms with E-state index >= 15 is 0 Å². The van der Waals surface area contributed by atoms with Gasteiger partial charge >= 0.3 is 0 Å². The molecule has 1 unspecified atom stereocenters. The molecule has 1 aromatic heterocycles. The molecule has 0 radical (unpaired) electrons. The molecule has 3 rings (SSSR count). The van der Waals surface area contributed by atoms with Crippen LogP contribution in [0.4, 0.5) is 17.3 Å². The molecule has 5 heteroatoms.